The molecule has 0 amide bonds. The molecule has 0 aromatic heterocycles. The van der Waals surface area contributed by atoms with E-state index in [4.69, 9.17) is 17.0 Å². The highest BCUT2D eigenvalue weighted by Gasteiger charge is 2.23. The molecule has 4 rings (SSSR count). The first-order chi connectivity index (χ1) is 14.2. The van der Waals surface area contributed by atoms with E-state index in [1.165, 1.54) is 21.2 Å². The first-order valence-electron chi connectivity index (χ1n) is 9.57. The summed E-state index contributed by atoms with van der Waals surface area (Å²) in [5.41, 5.74) is 3.47. The van der Waals surface area contributed by atoms with Gasteiger partial charge in [0.15, 0.2) is 5.11 Å². The van der Waals surface area contributed by atoms with Crippen molar-refractivity contribution in [3.8, 4) is 5.75 Å². The Bertz CT molecular complexity index is 994. The van der Waals surface area contributed by atoms with E-state index < -0.39 is 0 Å². The van der Waals surface area contributed by atoms with Gasteiger partial charge in [-0.2, -0.15) is 0 Å². The highest BCUT2D eigenvalue weighted by atomic mass is 32.2. The molecule has 29 heavy (non-hydrogen) atoms. The van der Waals surface area contributed by atoms with Crippen LogP contribution in [0.1, 0.15) is 6.42 Å². The summed E-state index contributed by atoms with van der Waals surface area (Å²) in [4.78, 5) is 4.87. The monoisotopic (exact) mass is 421 g/mol. The average molecular weight is 422 g/mol. The topological polar surface area (TPSA) is 36.5 Å². The average Bonchev–Trinajstić information content (AvgIpc) is 2.76. The molecule has 0 spiro atoms. The van der Waals surface area contributed by atoms with Crippen LogP contribution < -0.4 is 20.3 Å². The molecule has 1 aliphatic heterocycles. The minimum atomic E-state index is 0.649. The van der Waals surface area contributed by atoms with Crippen molar-refractivity contribution in [2.24, 2.45) is 0 Å². The molecule has 0 bridgehead atoms. The van der Waals surface area contributed by atoms with E-state index in [2.05, 4.69) is 51.9 Å². The molecule has 1 aliphatic rings. The van der Waals surface area contributed by atoms with Crippen LogP contribution in [0.2, 0.25) is 0 Å². The molecule has 0 radical (unpaired) electrons. The van der Waals surface area contributed by atoms with Crippen molar-refractivity contribution in [1.82, 2.24) is 5.32 Å². The summed E-state index contributed by atoms with van der Waals surface area (Å²) in [6.07, 6.45) is 0.959. The number of nitrogens with one attached hydrogen (secondary N) is 2. The fraction of sp³-hybridized carbons (Fsp3) is 0.174. The van der Waals surface area contributed by atoms with Gasteiger partial charge in [0.1, 0.15) is 5.75 Å². The highest BCUT2D eigenvalue weighted by molar-refractivity contribution is 7.99. The Balaban J connectivity index is 1.40. The van der Waals surface area contributed by atoms with Crippen LogP contribution in [0.3, 0.4) is 0 Å². The van der Waals surface area contributed by atoms with Gasteiger partial charge in [0, 0.05) is 28.6 Å². The zero-order valence-corrected chi connectivity index (χ0v) is 17.9. The molecule has 6 heteroatoms. The van der Waals surface area contributed by atoms with Crippen LogP contribution in [0, 0.1) is 0 Å². The number of para-hydroxylation sites is 2. The number of nitrogens with zero attached hydrogens (tertiary/aromatic N) is 1. The molecular formula is C23H23N3OS2. The Hall–Kier alpha value is -2.70. The molecule has 0 fully saturated rings. The van der Waals surface area contributed by atoms with Crippen LogP contribution in [0.5, 0.6) is 5.75 Å². The lowest BCUT2D eigenvalue weighted by Crippen LogP contribution is -2.31. The number of methoxy groups -OCH3 is 1. The van der Waals surface area contributed by atoms with Crippen LogP contribution in [-0.2, 0) is 0 Å². The van der Waals surface area contributed by atoms with Gasteiger partial charge in [-0.25, -0.2) is 0 Å². The van der Waals surface area contributed by atoms with Gasteiger partial charge in [0.2, 0.25) is 0 Å². The second-order valence-electron chi connectivity index (χ2n) is 6.66. The molecule has 0 atom stereocenters. The maximum absolute atomic E-state index is 5.41. The standard InChI is InChI=1S/C23H23N3OS2/c1-27-18-12-13-20-22(16-18)29-21-11-6-5-10-19(21)26(20)15-7-14-24-23(28)25-17-8-3-2-4-9-17/h2-6,8-13,16H,7,14-15H2,1H3,(H2,24,25,28). The summed E-state index contributed by atoms with van der Waals surface area (Å²) in [5.74, 6) is 0.884. The summed E-state index contributed by atoms with van der Waals surface area (Å²) in [6.45, 7) is 1.70. The van der Waals surface area contributed by atoms with E-state index in [0.717, 1.165) is 30.9 Å². The summed E-state index contributed by atoms with van der Waals surface area (Å²) in [5, 5.41) is 7.17. The van der Waals surface area contributed by atoms with Crippen molar-refractivity contribution in [3.05, 3.63) is 72.8 Å². The molecule has 0 aliphatic carbocycles. The molecule has 2 N–H and O–H groups in total. The smallest absolute Gasteiger partial charge is 0.170 e. The Kier molecular flexibility index (Phi) is 6.22. The summed E-state index contributed by atoms with van der Waals surface area (Å²) < 4.78 is 5.41. The Morgan fingerprint density at radius 2 is 1.72 bits per heavy atom. The summed E-state index contributed by atoms with van der Waals surface area (Å²) in [7, 11) is 1.71. The second kappa shape index (κ2) is 9.20. The van der Waals surface area contributed by atoms with Gasteiger partial charge >= 0.3 is 0 Å². The van der Waals surface area contributed by atoms with Gasteiger partial charge in [0.25, 0.3) is 0 Å². The van der Waals surface area contributed by atoms with Gasteiger partial charge < -0.3 is 20.3 Å². The number of hydrogen-bond acceptors (Lipinski definition) is 4. The van der Waals surface area contributed by atoms with E-state index in [1.807, 2.05) is 36.4 Å². The van der Waals surface area contributed by atoms with E-state index in [0.29, 0.717) is 5.11 Å². The predicted octanol–water partition coefficient (Wildman–Crippen LogP) is 5.67. The molecule has 1 heterocycles. The third kappa shape index (κ3) is 4.66. The van der Waals surface area contributed by atoms with Crippen molar-refractivity contribution in [2.75, 3.05) is 30.4 Å². The Morgan fingerprint density at radius 1 is 0.966 bits per heavy atom. The van der Waals surface area contributed by atoms with Crippen molar-refractivity contribution in [2.45, 2.75) is 16.2 Å². The van der Waals surface area contributed by atoms with Gasteiger partial charge in [-0.3, -0.25) is 0 Å². The van der Waals surface area contributed by atoms with Crippen molar-refractivity contribution < 1.29 is 4.74 Å². The van der Waals surface area contributed by atoms with Crippen molar-refractivity contribution >= 4 is 46.2 Å². The summed E-state index contributed by atoms with van der Waals surface area (Å²) in [6, 6.07) is 24.8. The van der Waals surface area contributed by atoms with Gasteiger partial charge in [-0.1, -0.05) is 42.1 Å². The van der Waals surface area contributed by atoms with Crippen LogP contribution in [-0.4, -0.2) is 25.3 Å². The van der Waals surface area contributed by atoms with Gasteiger partial charge in [0.05, 0.1) is 18.5 Å². The lowest BCUT2D eigenvalue weighted by atomic mass is 10.2. The lowest BCUT2D eigenvalue weighted by Gasteiger charge is -2.33. The molecule has 0 saturated carbocycles. The number of thiocarbonyl (C=S) groups is 1. The molecule has 148 valence electrons. The minimum absolute atomic E-state index is 0.649. The largest absolute Gasteiger partial charge is 0.497 e. The van der Waals surface area contributed by atoms with E-state index in [1.54, 1.807) is 18.9 Å². The van der Waals surface area contributed by atoms with Crippen LogP contribution in [0.4, 0.5) is 17.1 Å². The van der Waals surface area contributed by atoms with E-state index >= 15 is 0 Å². The molecule has 0 saturated heterocycles. The van der Waals surface area contributed by atoms with Crippen LogP contribution in [0.25, 0.3) is 0 Å². The van der Waals surface area contributed by atoms with Crippen LogP contribution in [0.15, 0.2) is 82.6 Å². The number of fused-ring (bicyclic) bond motifs is 2. The Morgan fingerprint density at radius 3 is 2.55 bits per heavy atom. The van der Waals surface area contributed by atoms with Crippen LogP contribution >= 0.6 is 24.0 Å². The number of rotatable bonds is 6. The maximum Gasteiger partial charge on any atom is 0.170 e. The molecule has 3 aromatic rings. The molecule has 0 unspecified atom stereocenters. The fourth-order valence-electron chi connectivity index (χ4n) is 3.32. The van der Waals surface area contributed by atoms with Crippen molar-refractivity contribution in [1.29, 1.82) is 0 Å². The second-order valence-corrected chi connectivity index (χ2v) is 8.15. The molecule has 4 nitrogen and oxygen atoms in total. The third-order valence-electron chi connectivity index (χ3n) is 4.71. The van der Waals surface area contributed by atoms with Gasteiger partial charge in [-0.05, 0) is 61.1 Å². The quantitative estimate of drug-likeness (QED) is 0.394. The highest BCUT2D eigenvalue weighted by Crippen LogP contribution is 2.48. The third-order valence-corrected chi connectivity index (χ3v) is 6.07. The zero-order chi connectivity index (χ0) is 20.1. The molecule has 3 aromatic carbocycles. The minimum Gasteiger partial charge on any atom is -0.497 e. The normalized spacial score (nSPS) is 12.0. The van der Waals surface area contributed by atoms with Crippen molar-refractivity contribution in [3.63, 3.8) is 0 Å². The predicted molar refractivity (Wildman–Crippen MR) is 126 cm³/mol. The SMILES string of the molecule is COc1ccc2c(c1)Sc1ccccc1N2CCCNC(=S)Nc1ccccc1. The maximum atomic E-state index is 5.41. The number of ether oxygens (including phenoxy) is 1. The zero-order valence-electron chi connectivity index (χ0n) is 16.2. The lowest BCUT2D eigenvalue weighted by molar-refractivity contribution is 0.413. The first-order valence-corrected chi connectivity index (χ1v) is 10.8. The first kappa shape index (κ1) is 19.6. The number of anilines is 3. The Labute approximate surface area is 181 Å². The molecular weight excluding hydrogens is 398 g/mol. The van der Waals surface area contributed by atoms with E-state index in [9.17, 15) is 0 Å². The number of hydrogen-bond donors (Lipinski definition) is 2. The fourth-order valence-corrected chi connectivity index (χ4v) is 4.66. The van der Waals surface area contributed by atoms with Gasteiger partial charge in [-0.15, -0.1) is 0 Å². The number of benzene rings is 3. The summed E-state index contributed by atoms with van der Waals surface area (Å²) >= 11 is 7.20. The van der Waals surface area contributed by atoms with E-state index in [-0.39, 0.29) is 0 Å².